The van der Waals surface area contributed by atoms with Crippen LogP contribution in [0.15, 0.2) is 59.3 Å². The molecular formula is C22H19N3O4S. The molecule has 3 amide bonds. The number of amides is 3. The number of fused-ring (bicyclic) bond motifs is 1. The Bertz CT molecular complexity index is 1110. The molecule has 0 bridgehead atoms. The predicted molar refractivity (Wildman–Crippen MR) is 115 cm³/mol. The summed E-state index contributed by atoms with van der Waals surface area (Å²) in [5.41, 5.74) is 2.73. The first-order valence-corrected chi connectivity index (χ1v) is 10.3. The number of nitrogens with one attached hydrogen (secondary N) is 3. The molecule has 3 aromatic rings. The average molecular weight is 421 g/mol. The van der Waals surface area contributed by atoms with Crippen LogP contribution in [0.3, 0.4) is 0 Å². The number of benzene rings is 2. The van der Waals surface area contributed by atoms with Crippen LogP contribution < -0.4 is 20.7 Å². The van der Waals surface area contributed by atoms with Gasteiger partial charge in [0, 0.05) is 5.38 Å². The van der Waals surface area contributed by atoms with Crippen LogP contribution in [0.5, 0.6) is 5.75 Å². The molecule has 7 nitrogen and oxygen atoms in total. The highest BCUT2D eigenvalue weighted by Gasteiger charge is 2.20. The van der Waals surface area contributed by atoms with Gasteiger partial charge in [0.15, 0.2) is 6.61 Å². The van der Waals surface area contributed by atoms with Gasteiger partial charge in [-0.25, -0.2) is 0 Å². The molecule has 1 unspecified atom stereocenters. The molecule has 152 valence electrons. The van der Waals surface area contributed by atoms with Crippen LogP contribution in [0.4, 0.5) is 11.4 Å². The molecule has 30 heavy (non-hydrogen) atoms. The normalized spacial score (nSPS) is 13.4. The first kappa shape index (κ1) is 19.7. The molecular weight excluding hydrogens is 402 g/mol. The number of rotatable bonds is 5. The van der Waals surface area contributed by atoms with Crippen LogP contribution in [0, 0.1) is 0 Å². The maximum atomic E-state index is 12.9. The fourth-order valence-corrected chi connectivity index (χ4v) is 3.74. The Balaban J connectivity index is 1.49. The Morgan fingerprint density at radius 3 is 2.77 bits per heavy atom. The fourth-order valence-electron chi connectivity index (χ4n) is 3.11. The van der Waals surface area contributed by atoms with Gasteiger partial charge in [-0.05, 0) is 48.2 Å². The standard InChI is InChI=1S/C22H19N3O4S/c1-13(14-6-7-19-18(10-14)24-20(26)11-29-19)23-22(28)16-4-2-3-5-17(16)25-21(27)15-8-9-30-12-15/h2-10,12-13H,11H2,1H3,(H,23,28)(H,24,26)(H,25,27). The van der Waals surface area contributed by atoms with Crippen molar-refractivity contribution in [1.29, 1.82) is 0 Å². The largest absolute Gasteiger partial charge is 0.482 e. The molecule has 1 aromatic heterocycles. The van der Waals surface area contributed by atoms with Crippen molar-refractivity contribution in [2.45, 2.75) is 13.0 Å². The van der Waals surface area contributed by atoms with E-state index in [2.05, 4.69) is 16.0 Å². The molecule has 0 spiro atoms. The predicted octanol–water partition coefficient (Wildman–Crippen LogP) is 3.82. The lowest BCUT2D eigenvalue weighted by molar-refractivity contribution is -0.118. The average Bonchev–Trinajstić information content (AvgIpc) is 3.28. The zero-order chi connectivity index (χ0) is 21.1. The van der Waals surface area contributed by atoms with E-state index < -0.39 is 0 Å². The van der Waals surface area contributed by atoms with Gasteiger partial charge in [-0.1, -0.05) is 18.2 Å². The van der Waals surface area contributed by atoms with Gasteiger partial charge >= 0.3 is 0 Å². The summed E-state index contributed by atoms with van der Waals surface area (Å²) in [5, 5.41) is 12.1. The van der Waals surface area contributed by atoms with Crippen molar-refractivity contribution in [3.8, 4) is 5.75 Å². The van der Waals surface area contributed by atoms with Crippen molar-refractivity contribution in [2.75, 3.05) is 17.2 Å². The summed E-state index contributed by atoms with van der Waals surface area (Å²) in [6, 6.07) is 13.6. The van der Waals surface area contributed by atoms with Gasteiger partial charge in [0.1, 0.15) is 5.75 Å². The lowest BCUT2D eigenvalue weighted by atomic mass is 10.1. The number of hydrogen-bond acceptors (Lipinski definition) is 5. The SMILES string of the molecule is CC(NC(=O)c1ccccc1NC(=O)c1ccsc1)c1ccc2c(c1)NC(=O)CO2. The third kappa shape index (κ3) is 4.18. The van der Waals surface area contributed by atoms with E-state index in [1.165, 1.54) is 11.3 Å². The first-order chi connectivity index (χ1) is 14.5. The highest BCUT2D eigenvalue weighted by molar-refractivity contribution is 7.08. The van der Waals surface area contributed by atoms with Crippen LogP contribution in [-0.2, 0) is 4.79 Å². The van der Waals surface area contributed by atoms with Crippen LogP contribution >= 0.6 is 11.3 Å². The van der Waals surface area contributed by atoms with Crippen LogP contribution in [0.1, 0.15) is 39.2 Å². The minimum atomic E-state index is -0.331. The van der Waals surface area contributed by atoms with E-state index in [0.29, 0.717) is 28.3 Å². The smallest absolute Gasteiger partial charge is 0.262 e. The van der Waals surface area contributed by atoms with Gasteiger partial charge in [0.2, 0.25) is 0 Å². The molecule has 0 radical (unpaired) electrons. The number of carbonyl (C=O) groups excluding carboxylic acids is 3. The fraction of sp³-hybridized carbons (Fsp3) is 0.136. The van der Waals surface area contributed by atoms with Crippen LogP contribution in [-0.4, -0.2) is 24.3 Å². The summed E-state index contributed by atoms with van der Waals surface area (Å²) in [5.74, 6) is -0.207. The Morgan fingerprint density at radius 2 is 1.97 bits per heavy atom. The molecule has 1 aliphatic heterocycles. The Hall–Kier alpha value is -3.65. The Labute approximate surface area is 177 Å². The number of hydrogen-bond donors (Lipinski definition) is 3. The van der Waals surface area contributed by atoms with Crippen molar-refractivity contribution in [3.63, 3.8) is 0 Å². The molecule has 0 saturated heterocycles. The number of anilines is 2. The maximum Gasteiger partial charge on any atom is 0.262 e. The van der Waals surface area contributed by atoms with Gasteiger partial charge < -0.3 is 20.7 Å². The molecule has 3 N–H and O–H groups in total. The molecule has 1 atom stereocenters. The Morgan fingerprint density at radius 1 is 1.13 bits per heavy atom. The third-order valence-corrected chi connectivity index (χ3v) is 5.37. The second kappa shape index (κ2) is 8.38. The highest BCUT2D eigenvalue weighted by atomic mass is 32.1. The van der Waals surface area contributed by atoms with E-state index >= 15 is 0 Å². The van der Waals surface area contributed by atoms with E-state index in [4.69, 9.17) is 4.74 Å². The summed E-state index contributed by atoms with van der Waals surface area (Å²) >= 11 is 1.43. The summed E-state index contributed by atoms with van der Waals surface area (Å²) in [7, 11) is 0. The highest BCUT2D eigenvalue weighted by Crippen LogP contribution is 2.30. The van der Waals surface area contributed by atoms with Gasteiger partial charge in [0.25, 0.3) is 17.7 Å². The summed E-state index contributed by atoms with van der Waals surface area (Å²) in [4.78, 5) is 36.8. The quantitative estimate of drug-likeness (QED) is 0.583. The van der Waals surface area contributed by atoms with E-state index in [0.717, 1.165) is 5.56 Å². The summed E-state index contributed by atoms with van der Waals surface area (Å²) < 4.78 is 5.37. The van der Waals surface area contributed by atoms with E-state index in [9.17, 15) is 14.4 Å². The number of ether oxygens (including phenoxy) is 1. The molecule has 1 aliphatic rings. The van der Waals surface area contributed by atoms with Gasteiger partial charge in [-0.2, -0.15) is 11.3 Å². The van der Waals surface area contributed by atoms with Gasteiger partial charge in [0.05, 0.1) is 28.5 Å². The van der Waals surface area contributed by atoms with Crippen LogP contribution in [0.2, 0.25) is 0 Å². The van der Waals surface area contributed by atoms with Crippen molar-refractivity contribution >= 4 is 40.4 Å². The second-order valence-electron chi connectivity index (χ2n) is 6.80. The van der Waals surface area contributed by atoms with Crippen LogP contribution in [0.25, 0.3) is 0 Å². The lowest BCUT2D eigenvalue weighted by Gasteiger charge is -2.21. The monoisotopic (exact) mass is 421 g/mol. The van der Waals surface area contributed by atoms with E-state index in [1.54, 1.807) is 47.8 Å². The number of thiophene rings is 1. The minimum absolute atomic E-state index is 0.00742. The molecule has 8 heteroatoms. The minimum Gasteiger partial charge on any atom is -0.482 e. The maximum absolute atomic E-state index is 12.9. The summed E-state index contributed by atoms with van der Waals surface area (Å²) in [6.45, 7) is 1.84. The molecule has 0 aliphatic carbocycles. The number of para-hydroxylation sites is 1. The van der Waals surface area contributed by atoms with Crippen molar-refractivity contribution < 1.29 is 19.1 Å². The number of carbonyl (C=O) groups is 3. The molecule has 4 rings (SSSR count). The third-order valence-electron chi connectivity index (χ3n) is 4.69. The molecule has 2 aromatic carbocycles. The molecule has 2 heterocycles. The Kier molecular flexibility index (Phi) is 5.49. The van der Waals surface area contributed by atoms with Crippen molar-refractivity contribution in [2.24, 2.45) is 0 Å². The van der Waals surface area contributed by atoms with E-state index in [1.807, 2.05) is 18.4 Å². The van der Waals surface area contributed by atoms with Gasteiger partial charge in [-0.15, -0.1) is 0 Å². The topological polar surface area (TPSA) is 96.5 Å². The lowest BCUT2D eigenvalue weighted by Crippen LogP contribution is -2.29. The second-order valence-corrected chi connectivity index (χ2v) is 7.58. The first-order valence-electron chi connectivity index (χ1n) is 9.31. The zero-order valence-corrected chi connectivity index (χ0v) is 16.9. The van der Waals surface area contributed by atoms with Gasteiger partial charge in [-0.3, -0.25) is 14.4 Å². The van der Waals surface area contributed by atoms with E-state index in [-0.39, 0.29) is 30.4 Å². The summed E-state index contributed by atoms with van der Waals surface area (Å²) in [6.07, 6.45) is 0. The van der Waals surface area contributed by atoms with Crippen molar-refractivity contribution in [3.05, 3.63) is 76.0 Å². The molecule has 0 fully saturated rings. The molecule has 0 saturated carbocycles. The zero-order valence-electron chi connectivity index (χ0n) is 16.1. The van der Waals surface area contributed by atoms with Crippen molar-refractivity contribution in [1.82, 2.24) is 5.32 Å².